The second-order valence-corrected chi connectivity index (χ2v) is 10.5. The fraction of sp³-hybridized carbons (Fsp3) is 0.750. The van der Waals surface area contributed by atoms with Crippen LogP contribution in [-0.2, 0) is 38.0 Å². The molecule has 6 unspecified atom stereocenters. The van der Waals surface area contributed by atoms with Gasteiger partial charge >= 0.3 is 11.9 Å². The lowest BCUT2D eigenvalue weighted by Gasteiger charge is -2.60. The normalized spacial score (nSPS) is 46.2. The minimum atomic E-state index is -0.751. The molecule has 2 saturated carbocycles. The van der Waals surface area contributed by atoms with E-state index in [0.717, 1.165) is 11.5 Å². The molecule has 0 bridgehead atoms. The van der Waals surface area contributed by atoms with E-state index in [0.29, 0.717) is 39.3 Å². The number of hydrogen-bond acceptors (Lipinski definition) is 8. The van der Waals surface area contributed by atoms with Crippen molar-refractivity contribution in [3.8, 4) is 0 Å². The summed E-state index contributed by atoms with van der Waals surface area (Å²) in [4.78, 5) is 25.9. The van der Waals surface area contributed by atoms with E-state index in [1.807, 2.05) is 39.8 Å². The van der Waals surface area contributed by atoms with Crippen LogP contribution in [0.15, 0.2) is 23.7 Å². The quantitative estimate of drug-likeness (QED) is 0.523. The fourth-order valence-electron chi connectivity index (χ4n) is 6.90. The molecular weight excluding hydrogens is 416 g/mol. The molecule has 8 heteroatoms. The highest BCUT2D eigenvalue weighted by Gasteiger charge is 2.68. The van der Waals surface area contributed by atoms with Crippen molar-refractivity contribution < 1.29 is 38.0 Å². The summed E-state index contributed by atoms with van der Waals surface area (Å²) in [7, 11) is 0. The van der Waals surface area contributed by atoms with Crippen molar-refractivity contribution in [3.05, 3.63) is 23.7 Å². The molecule has 8 nitrogen and oxygen atoms in total. The molecule has 0 aromatic heterocycles. The smallest absolute Gasteiger partial charge is 0.312 e. The summed E-state index contributed by atoms with van der Waals surface area (Å²) in [5.41, 5.74) is -2.43. The van der Waals surface area contributed by atoms with Gasteiger partial charge in [-0.1, -0.05) is 0 Å². The standard InChI is InChI=1S/C24H32O8/c1-21-13-23(3)17(21)15(5-7-31-23)27-9-10-28-16-6-8-32-24(4)14-22(2,18(16)24)20(26)30-12-11-29-19(21)25/h5-6,17-18H,7-14H2,1-4H3. The highest BCUT2D eigenvalue weighted by molar-refractivity contribution is 5.80. The Labute approximate surface area is 188 Å². The van der Waals surface area contributed by atoms with Gasteiger partial charge < -0.3 is 28.4 Å². The molecule has 32 heavy (non-hydrogen) atoms. The summed E-state index contributed by atoms with van der Waals surface area (Å²) < 4.78 is 35.2. The number of cyclic esters (lactones) is 2. The Hall–Kier alpha value is -2.06. The van der Waals surface area contributed by atoms with Gasteiger partial charge in [0.2, 0.25) is 0 Å². The molecule has 1 saturated heterocycles. The first-order valence-electron chi connectivity index (χ1n) is 11.4. The molecule has 5 rings (SSSR count). The van der Waals surface area contributed by atoms with Gasteiger partial charge in [0.25, 0.3) is 0 Å². The van der Waals surface area contributed by atoms with E-state index in [2.05, 4.69) is 0 Å². The van der Waals surface area contributed by atoms with Crippen LogP contribution in [-0.4, -0.2) is 62.8 Å². The van der Waals surface area contributed by atoms with Crippen LogP contribution in [0.1, 0.15) is 40.5 Å². The number of carbonyl (C=O) groups excluding carboxylic acids is 2. The lowest BCUT2D eigenvalue weighted by molar-refractivity contribution is -0.233. The second-order valence-electron chi connectivity index (χ2n) is 10.5. The van der Waals surface area contributed by atoms with Gasteiger partial charge in [0.1, 0.15) is 37.9 Å². The summed E-state index contributed by atoms with van der Waals surface area (Å²) in [6.45, 7) is 9.35. The van der Waals surface area contributed by atoms with Crippen LogP contribution >= 0.6 is 0 Å². The molecule has 3 fully saturated rings. The van der Waals surface area contributed by atoms with Crippen molar-refractivity contribution in [2.45, 2.75) is 51.7 Å². The minimum absolute atomic E-state index is 0.0120. The molecule has 0 N–H and O–H groups in total. The highest BCUT2D eigenvalue weighted by atomic mass is 16.6. The van der Waals surface area contributed by atoms with Gasteiger partial charge in [-0.2, -0.15) is 0 Å². The molecule has 5 aliphatic rings. The van der Waals surface area contributed by atoms with E-state index >= 15 is 0 Å². The van der Waals surface area contributed by atoms with Crippen molar-refractivity contribution in [3.63, 3.8) is 0 Å². The molecule has 176 valence electrons. The fourth-order valence-corrected chi connectivity index (χ4v) is 6.90. The first-order chi connectivity index (χ1) is 15.1. The van der Waals surface area contributed by atoms with E-state index in [9.17, 15) is 9.59 Å². The minimum Gasteiger partial charge on any atom is -0.494 e. The van der Waals surface area contributed by atoms with E-state index in [4.69, 9.17) is 28.4 Å². The summed E-state index contributed by atoms with van der Waals surface area (Å²) in [6.07, 6.45) is 4.89. The SMILES string of the molecule is CC12CC3(C)C(=O)OCCOC(=O)C4(C)CC5(C)OCC=C(OCCOC(=CCO1)C23)C54. The topological polar surface area (TPSA) is 89.5 Å². The maximum atomic E-state index is 13.0. The van der Waals surface area contributed by atoms with Crippen LogP contribution in [0, 0.1) is 22.7 Å². The summed E-state index contributed by atoms with van der Waals surface area (Å²) in [5.74, 6) is 0.400. The van der Waals surface area contributed by atoms with Gasteiger partial charge in [-0.15, -0.1) is 0 Å². The van der Waals surface area contributed by atoms with Gasteiger partial charge in [-0.3, -0.25) is 9.59 Å². The summed E-state index contributed by atoms with van der Waals surface area (Å²) >= 11 is 0. The zero-order valence-electron chi connectivity index (χ0n) is 19.2. The third kappa shape index (κ3) is 3.02. The Kier molecular flexibility index (Phi) is 4.91. The van der Waals surface area contributed by atoms with Crippen molar-refractivity contribution in [2.75, 3.05) is 39.6 Å². The van der Waals surface area contributed by atoms with E-state index in [-0.39, 0.29) is 37.0 Å². The molecular formula is C24H32O8. The van der Waals surface area contributed by atoms with Crippen molar-refractivity contribution in [1.29, 1.82) is 0 Å². The lowest BCUT2D eigenvalue weighted by Crippen LogP contribution is -2.66. The molecule has 3 aliphatic heterocycles. The number of carbonyl (C=O) groups is 2. The third-order valence-electron chi connectivity index (χ3n) is 8.00. The van der Waals surface area contributed by atoms with Crippen LogP contribution < -0.4 is 0 Å². The van der Waals surface area contributed by atoms with Crippen molar-refractivity contribution >= 4 is 11.9 Å². The van der Waals surface area contributed by atoms with Gasteiger partial charge in [0.05, 0.1) is 47.1 Å². The maximum Gasteiger partial charge on any atom is 0.312 e. The molecule has 6 atom stereocenters. The number of rotatable bonds is 0. The van der Waals surface area contributed by atoms with E-state index in [1.54, 1.807) is 0 Å². The zero-order valence-corrected chi connectivity index (χ0v) is 19.2. The summed E-state index contributed by atoms with van der Waals surface area (Å²) in [6, 6.07) is 0. The van der Waals surface area contributed by atoms with Crippen molar-refractivity contribution in [2.24, 2.45) is 22.7 Å². The summed E-state index contributed by atoms with van der Waals surface area (Å²) in [5, 5.41) is 0. The average Bonchev–Trinajstić information content (AvgIpc) is 2.71. The molecule has 0 amide bonds. The average molecular weight is 449 g/mol. The first kappa shape index (κ1) is 21.8. The van der Waals surface area contributed by atoms with E-state index in [1.165, 1.54) is 0 Å². The largest absolute Gasteiger partial charge is 0.494 e. The Morgan fingerprint density at radius 2 is 1.03 bits per heavy atom. The predicted molar refractivity (Wildman–Crippen MR) is 111 cm³/mol. The van der Waals surface area contributed by atoms with Crippen LogP contribution in [0.2, 0.25) is 0 Å². The molecule has 3 heterocycles. The van der Waals surface area contributed by atoms with Crippen LogP contribution in [0.3, 0.4) is 0 Å². The van der Waals surface area contributed by atoms with Gasteiger partial charge in [0, 0.05) is 0 Å². The second kappa shape index (κ2) is 7.22. The highest BCUT2D eigenvalue weighted by Crippen LogP contribution is 2.62. The molecule has 0 aromatic rings. The monoisotopic (exact) mass is 448 g/mol. The first-order valence-corrected chi connectivity index (χ1v) is 11.4. The molecule has 0 aromatic carbocycles. The Balaban J connectivity index is 1.38. The van der Waals surface area contributed by atoms with Gasteiger partial charge in [-0.25, -0.2) is 0 Å². The van der Waals surface area contributed by atoms with Crippen LogP contribution in [0.5, 0.6) is 0 Å². The number of ether oxygens (including phenoxy) is 6. The molecule has 2 aliphatic carbocycles. The third-order valence-corrected chi connectivity index (χ3v) is 8.00. The van der Waals surface area contributed by atoms with Gasteiger partial charge in [-0.05, 0) is 52.7 Å². The Morgan fingerprint density at radius 3 is 1.44 bits per heavy atom. The zero-order chi connectivity index (χ0) is 22.8. The van der Waals surface area contributed by atoms with Gasteiger partial charge in [0.15, 0.2) is 0 Å². The number of hydrogen-bond donors (Lipinski definition) is 0. The van der Waals surface area contributed by atoms with Crippen molar-refractivity contribution in [1.82, 2.24) is 0 Å². The molecule has 0 radical (unpaired) electrons. The predicted octanol–water partition coefficient (Wildman–Crippen LogP) is 2.52. The lowest BCUT2D eigenvalue weighted by atomic mass is 9.51. The van der Waals surface area contributed by atoms with Crippen LogP contribution in [0.25, 0.3) is 0 Å². The van der Waals surface area contributed by atoms with Crippen LogP contribution in [0.4, 0.5) is 0 Å². The number of esters is 2. The maximum absolute atomic E-state index is 13.0. The van der Waals surface area contributed by atoms with E-state index < -0.39 is 22.0 Å². The molecule has 0 spiro atoms. The Bertz CT molecular complexity index is 822. The Morgan fingerprint density at radius 1 is 0.656 bits per heavy atom.